The zero-order chi connectivity index (χ0) is 34.7. The van der Waals surface area contributed by atoms with Gasteiger partial charge in [-0.3, -0.25) is 4.57 Å². The lowest BCUT2D eigenvalue weighted by molar-refractivity contribution is -0.572. The van der Waals surface area contributed by atoms with E-state index < -0.39 is 0 Å². The van der Waals surface area contributed by atoms with E-state index in [1.165, 1.54) is 49.0 Å². The van der Waals surface area contributed by atoms with Crippen molar-refractivity contribution in [2.45, 2.75) is 0 Å². The van der Waals surface area contributed by atoms with Crippen LogP contribution in [-0.4, -0.2) is 23.3 Å². The second kappa shape index (κ2) is 10.6. The average Bonchev–Trinajstić information content (AvgIpc) is 3.89. The van der Waals surface area contributed by atoms with E-state index in [1.54, 1.807) is 0 Å². The van der Waals surface area contributed by atoms with Crippen molar-refractivity contribution in [2.75, 3.05) is 0 Å². The molecule has 0 spiro atoms. The molecule has 0 aliphatic rings. The molecule has 5 heterocycles. The number of imidazole rings is 1. The normalized spacial score (nSPS) is 12.1. The van der Waals surface area contributed by atoms with Crippen LogP contribution >= 0.6 is 0 Å². The van der Waals surface area contributed by atoms with Crippen LogP contribution in [0.15, 0.2) is 140 Å². The number of hydrogen-bond acceptors (Lipinski definition) is 2. The molecule has 0 bridgehead atoms. The van der Waals surface area contributed by atoms with Gasteiger partial charge in [0.05, 0.1) is 45.8 Å². The standard InChI is InChI=1S/C45H32N6O/c1-47-27-50(37-20-9-8-19-36(37)47)28-13-12-14-29(25-28)52-30-22-23-33-38(26-30)51(39-21-10-11-24-46-39)45-41(33)40-31-15-4-6-17-34(31)48(2)43(40)42-32-16-5-7-18-35(32)49(3)44(42)45/h4-26H,1-3H3. The summed E-state index contributed by atoms with van der Waals surface area (Å²) in [5.74, 6) is 2.35. The SMILES string of the molecule is Cn1[c-][n+](-c2cccc(Oc3ccc4c5c6c7ccccc7n(C)c6c6c7ccccc7n(C)c6c5n(-c5ccccn5)c4c3)c2)c2ccccc21. The zero-order valence-corrected chi connectivity index (χ0v) is 28.9. The Hall–Kier alpha value is -6.86. The Morgan fingerprint density at radius 3 is 1.98 bits per heavy atom. The summed E-state index contributed by atoms with van der Waals surface area (Å²) in [5, 5.41) is 7.33. The smallest absolute Gasteiger partial charge is 0.244 e. The minimum absolute atomic E-state index is 0.749. The highest BCUT2D eigenvalue weighted by molar-refractivity contribution is 6.40. The van der Waals surface area contributed by atoms with Gasteiger partial charge in [-0.1, -0.05) is 78.9 Å². The van der Waals surface area contributed by atoms with Crippen molar-refractivity contribution in [2.24, 2.45) is 21.1 Å². The Labute approximate surface area is 298 Å². The molecule has 0 saturated heterocycles. The zero-order valence-electron chi connectivity index (χ0n) is 28.9. The highest BCUT2D eigenvalue weighted by atomic mass is 16.5. The fourth-order valence-electron chi connectivity index (χ4n) is 8.60. The molecule has 7 heteroatoms. The van der Waals surface area contributed by atoms with Gasteiger partial charge in [0, 0.05) is 69.7 Å². The summed E-state index contributed by atoms with van der Waals surface area (Å²) in [7, 11) is 6.41. The lowest BCUT2D eigenvalue weighted by atomic mass is 10.0. The largest absolute Gasteiger partial charge is 0.458 e. The van der Waals surface area contributed by atoms with Gasteiger partial charge < -0.3 is 23.0 Å². The number of ether oxygens (including phenoxy) is 1. The molecule has 0 aliphatic heterocycles. The Morgan fingerprint density at radius 2 is 1.19 bits per heavy atom. The highest BCUT2D eigenvalue weighted by Crippen LogP contribution is 2.48. The van der Waals surface area contributed by atoms with Crippen molar-refractivity contribution in [3.63, 3.8) is 0 Å². The summed E-state index contributed by atoms with van der Waals surface area (Å²) >= 11 is 0. The molecule has 0 aliphatic carbocycles. The van der Waals surface area contributed by atoms with Gasteiger partial charge >= 0.3 is 0 Å². The van der Waals surface area contributed by atoms with E-state index >= 15 is 0 Å². The lowest BCUT2D eigenvalue weighted by Gasteiger charge is -2.11. The van der Waals surface area contributed by atoms with Gasteiger partial charge in [-0.05, 0) is 48.5 Å². The molecule has 11 rings (SSSR count). The van der Waals surface area contributed by atoms with Gasteiger partial charge in [0.2, 0.25) is 6.33 Å². The topological polar surface area (TPSA) is 45.7 Å². The van der Waals surface area contributed by atoms with Crippen molar-refractivity contribution in [1.82, 2.24) is 23.3 Å². The van der Waals surface area contributed by atoms with E-state index in [2.05, 4.69) is 154 Å². The van der Waals surface area contributed by atoms with Crippen LogP contribution in [0.25, 0.3) is 88.0 Å². The quantitative estimate of drug-likeness (QED) is 0.138. The fraction of sp³-hybridized carbons (Fsp3) is 0.0667. The highest BCUT2D eigenvalue weighted by Gasteiger charge is 2.27. The summed E-state index contributed by atoms with van der Waals surface area (Å²) in [6, 6.07) is 46.6. The monoisotopic (exact) mass is 672 g/mol. The van der Waals surface area contributed by atoms with Crippen LogP contribution in [0.3, 0.4) is 0 Å². The third kappa shape index (κ3) is 3.85. The summed E-state index contributed by atoms with van der Waals surface area (Å²) in [6.07, 6.45) is 5.32. The summed E-state index contributed by atoms with van der Waals surface area (Å²) in [4.78, 5) is 4.94. The molecule has 7 nitrogen and oxygen atoms in total. The van der Waals surface area contributed by atoms with Gasteiger partial charge in [0.25, 0.3) is 0 Å². The molecule has 6 aromatic carbocycles. The molecule has 5 aromatic heterocycles. The molecule has 0 saturated carbocycles. The second-order valence-electron chi connectivity index (χ2n) is 13.6. The third-order valence-electron chi connectivity index (χ3n) is 10.8. The lowest BCUT2D eigenvalue weighted by Crippen LogP contribution is -2.29. The first-order valence-corrected chi connectivity index (χ1v) is 17.5. The van der Waals surface area contributed by atoms with Gasteiger partial charge in [0.15, 0.2) is 0 Å². The predicted molar refractivity (Wildman–Crippen MR) is 210 cm³/mol. The molecule has 248 valence electrons. The number of nitrogens with zero attached hydrogens (tertiary/aromatic N) is 6. The average molecular weight is 673 g/mol. The maximum absolute atomic E-state index is 6.70. The molecule has 0 atom stereocenters. The van der Waals surface area contributed by atoms with Crippen LogP contribution in [0, 0.1) is 6.33 Å². The molecule has 52 heavy (non-hydrogen) atoms. The number of fused-ring (bicyclic) bond motifs is 13. The maximum Gasteiger partial charge on any atom is 0.244 e. The van der Waals surface area contributed by atoms with E-state index in [1.807, 2.05) is 36.0 Å². The van der Waals surface area contributed by atoms with Crippen LogP contribution in [0.5, 0.6) is 11.5 Å². The number of hydrogen-bond donors (Lipinski definition) is 0. The number of pyridine rings is 1. The molecule has 0 fully saturated rings. The van der Waals surface area contributed by atoms with Crippen molar-refractivity contribution in [3.8, 4) is 23.0 Å². The number of aryl methyl sites for hydroxylation is 3. The van der Waals surface area contributed by atoms with E-state index in [-0.39, 0.29) is 0 Å². The minimum Gasteiger partial charge on any atom is -0.458 e. The second-order valence-corrected chi connectivity index (χ2v) is 13.6. The summed E-state index contributed by atoms with van der Waals surface area (Å²) in [5.41, 5.74) is 10.2. The third-order valence-corrected chi connectivity index (χ3v) is 10.8. The maximum atomic E-state index is 6.70. The Kier molecular flexibility index (Phi) is 5.88. The van der Waals surface area contributed by atoms with Gasteiger partial charge in [-0.2, -0.15) is 0 Å². The first-order chi connectivity index (χ1) is 25.6. The minimum atomic E-state index is 0.749. The van der Waals surface area contributed by atoms with Crippen LogP contribution in [-0.2, 0) is 21.1 Å². The Morgan fingerprint density at radius 1 is 0.538 bits per heavy atom. The van der Waals surface area contributed by atoms with E-state index in [4.69, 9.17) is 9.72 Å². The van der Waals surface area contributed by atoms with Gasteiger partial charge in [-0.25, -0.2) is 4.98 Å². The number of benzene rings is 6. The molecule has 0 radical (unpaired) electrons. The molecule has 0 N–H and O–H groups in total. The van der Waals surface area contributed by atoms with Crippen molar-refractivity contribution in [1.29, 1.82) is 0 Å². The van der Waals surface area contributed by atoms with Crippen LogP contribution in [0.2, 0.25) is 0 Å². The molecular formula is C45H32N6O. The van der Waals surface area contributed by atoms with Crippen LogP contribution in [0.1, 0.15) is 0 Å². The van der Waals surface area contributed by atoms with Crippen molar-refractivity contribution in [3.05, 3.63) is 146 Å². The Bertz CT molecular complexity index is 3250. The van der Waals surface area contributed by atoms with E-state index in [0.29, 0.717) is 0 Å². The van der Waals surface area contributed by atoms with E-state index in [9.17, 15) is 0 Å². The number of rotatable bonds is 4. The summed E-state index contributed by atoms with van der Waals surface area (Å²) < 4.78 is 17.9. The van der Waals surface area contributed by atoms with Crippen LogP contribution in [0.4, 0.5) is 0 Å². The molecule has 11 aromatic rings. The number of aromatic nitrogens is 6. The van der Waals surface area contributed by atoms with Gasteiger partial charge in [0.1, 0.15) is 17.3 Å². The first kappa shape index (κ1) is 28.9. The Balaban J connectivity index is 1.22. The van der Waals surface area contributed by atoms with Crippen molar-refractivity contribution < 1.29 is 9.30 Å². The first-order valence-electron chi connectivity index (χ1n) is 17.5. The number of para-hydroxylation sites is 4. The molecule has 0 unspecified atom stereocenters. The fourth-order valence-corrected chi connectivity index (χ4v) is 8.60. The van der Waals surface area contributed by atoms with Crippen LogP contribution < -0.4 is 9.30 Å². The molecular weight excluding hydrogens is 641 g/mol. The molecule has 0 amide bonds. The van der Waals surface area contributed by atoms with Crippen molar-refractivity contribution >= 4 is 76.5 Å². The summed E-state index contributed by atoms with van der Waals surface area (Å²) in [6.45, 7) is 0. The van der Waals surface area contributed by atoms with E-state index in [0.717, 1.165) is 50.5 Å². The predicted octanol–water partition coefficient (Wildman–Crippen LogP) is 9.83. The van der Waals surface area contributed by atoms with Gasteiger partial charge in [-0.15, -0.1) is 0 Å².